The minimum atomic E-state index is -1.58. The van der Waals surface area contributed by atoms with Gasteiger partial charge in [-0.15, -0.1) is 11.6 Å². The number of hydrogen-bond donors (Lipinski definition) is 6. The summed E-state index contributed by atoms with van der Waals surface area (Å²) in [5, 5.41) is 43.1. The van der Waals surface area contributed by atoms with Gasteiger partial charge in [0.25, 0.3) is 0 Å². The van der Waals surface area contributed by atoms with Crippen LogP contribution in [0.25, 0.3) is 0 Å². The summed E-state index contributed by atoms with van der Waals surface area (Å²) in [5.41, 5.74) is -1.58. The molecule has 0 aromatic carbocycles. The van der Waals surface area contributed by atoms with Crippen molar-refractivity contribution in [2.75, 3.05) is 27.3 Å². The van der Waals surface area contributed by atoms with Crippen LogP contribution in [-0.4, -0.2) is 106 Å². The second-order valence-corrected chi connectivity index (χ2v) is 10.8. The molecular formula is C21H38ClN5O5. The molecule has 4 fully saturated rings. The standard InChI is InChI=1S/C21H38ClN5O5/c1-21(31)15(29)19(32-16(21)14(28)11-4-6-12(22)7-5-11)27-9-8-13-17(23-10-24-18(13)27)25-20(30)26(2)3/h11-19,23-24,28-29,31H,4-10H2,1-3H3,(H,25,30)/t11?,12?,13?,14-,15+,16-,17?,18?,19-,21+/m1/s1. The van der Waals surface area contributed by atoms with Gasteiger partial charge in [0, 0.05) is 38.6 Å². The molecule has 3 saturated heterocycles. The first-order valence-corrected chi connectivity index (χ1v) is 12.1. The molecule has 184 valence electrons. The number of carbonyl (C=O) groups is 1. The van der Waals surface area contributed by atoms with Crippen LogP contribution in [-0.2, 0) is 4.74 Å². The van der Waals surface area contributed by atoms with Gasteiger partial charge in [-0.2, -0.15) is 0 Å². The fourth-order valence-electron chi connectivity index (χ4n) is 5.76. The molecule has 0 aromatic rings. The van der Waals surface area contributed by atoms with Crippen molar-refractivity contribution in [1.82, 2.24) is 25.8 Å². The predicted molar refractivity (Wildman–Crippen MR) is 119 cm³/mol. The summed E-state index contributed by atoms with van der Waals surface area (Å²) >= 11 is 6.21. The maximum Gasteiger partial charge on any atom is 0.318 e. The molecule has 2 amide bonds. The molecule has 3 heterocycles. The normalized spacial score (nSPS) is 46.0. The topological polar surface area (TPSA) is 130 Å². The van der Waals surface area contributed by atoms with Crippen LogP contribution in [0.1, 0.15) is 39.0 Å². The zero-order valence-corrected chi connectivity index (χ0v) is 19.8. The molecule has 4 aliphatic rings. The van der Waals surface area contributed by atoms with Crippen LogP contribution in [0.4, 0.5) is 4.79 Å². The fourth-order valence-corrected chi connectivity index (χ4v) is 6.01. The van der Waals surface area contributed by atoms with Crippen LogP contribution in [0, 0.1) is 11.8 Å². The van der Waals surface area contributed by atoms with Crippen molar-refractivity contribution in [2.24, 2.45) is 11.8 Å². The van der Waals surface area contributed by atoms with E-state index < -0.39 is 30.1 Å². The monoisotopic (exact) mass is 475 g/mol. The molecule has 0 spiro atoms. The highest BCUT2D eigenvalue weighted by atomic mass is 35.5. The summed E-state index contributed by atoms with van der Waals surface area (Å²) in [5.74, 6) is 0.0535. The van der Waals surface area contributed by atoms with Gasteiger partial charge < -0.3 is 30.3 Å². The van der Waals surface area contributed by atoms with Crippen molar-refractivity contribution in [1.29, 1.82) is 0 Å². The summed E-state index contributed by atoms with van der Waals surface area (Å²) in [6.45, 7) is 2.67. The molecule has 0 radical (unpaired) electrons. The van der Waals surface area contributed by atoms with Gasteiger partial charge in [-0.25, -0.2) is 4.79 Å². The van der Waals surface area contributed by atoms with E-state index in [1.807, 2.05) is 4.90 Å². The highest BCUT2D eigenvalue weighted by molar-refractivity contribution is 6.20. The smallest absolute Gasteiger partial charge is 0.318 e. The third kappa shape index (κ3) is 4.48. The zero-order chi connectivity index (χ0) is 23.2. The molecule has 0 bridgehead atoms. The van der Waals surface area contributed by atoms with E-state index in [4.69, 9.17) is 16.3 Å². The first kappa shape index (κ1) is 24.4. The summed E-state index contributed by atoms with van der Waals surface area (Å²) in [4.78, 5) is 15.7. The third-order valence-electron chi connectivity index (χ3n) is 7.78. The number of rotatable bonds is 4. The zero-order valence-electron chi connectivity index (χ0n) is 19.1. The minimum absolute atomic E-state index is 0.0126. The highest BCUT2D eigenvalue weighted by Gasteiger charge is 2.59. The Labute approximate surface area is 194 Å². The van der Waals surface area contributed by atoms with Gasteiger partial charge in [-0.1, -0.05) is 0 Å². The van der Waals surface area contributed by atoms with Crippen molar-refractivity contribution < 1.29 is 24.9 Å². The predicted octanol–water partition coefficient (Wildman–Crippen LogP) is -0.623. The van der Waals surface area contributed by atoms with Crippen molar-refractivity contribution >= 4 is 17.6 Å². The molecule has 6 N–H and O–H groups in total. The first-order chi connectivity index (χ1) is 15.1. The number of aliphatic hydroxyl groups is 3. The Kier molecular flexibility index (Phi) is 7.24. The molecule has 10 nitrogen and oxygen atoms in total. The summed E-state index contributed by atoms with van der Waals surface area (Å²) in [6.07, 6.45) is -0.0315. The number of urea groups is 1. The average Bonchev–Trinajstić information content (AvgIpc) is 3.27. The van der Waals surface area contributed by atoms with Crippen molar-refractivity contribution in [3.05, 3.63) is 0 Å². The molecule has 11 heteroatoms. The molecular weight excluding hydrogens is 438 g/mol. The molecule has 0 aromatic heterocycles. The SMILES string of the molecule is CN(C)C(=O)NC1NCNC2C1CCN2[C@@H]1O[C@H]([C@H](O)C2CCC(Cl)CC2)[C@@](C)(O)[C@H]1O. The van der Waals surface area contributed by atoms with E-state index in [1.54, 1.807) is 21.0 Å². The van der Waals surface area contributed by atoms with Gasteiger partial charge in [0.05, 0.1) is 18.4 Å². The van der Waals surface area contributed by atoms with Crippen molar-refractivity contribution in [3.8, 4) is 0 Å². The molecule has 1 saturated carbocycles. The van der Waals surface area contributed by atoms with Gasteiger partial charge in [0.15, 0.2) is 0 Å². The largest absolute Gasteiger partial charge is 0.390 e. The molecule has 8 atom stereocenters. The van der Waals surface area contributed by atoms with E-state index in [1.165, 1.54) is 4.90 Å². The maximum atomic E-state index is 12.2. The van der Waals surface area contributed by atoms with Gasteiger partial charge >= 0.3 is 6.03 Å². The lowest BCUT2D eigenvalue weighted by molar-refractivity contribution is -0.146. The molecule has 1 aliphatic carbocycles. The molecule has 32 heavy (non-hydrogen) atoms. The Hall–Kier alpha value is -0.720. The summed E-state index contributed by atoms with van der Waals surface area (Å²) < 4.78 is 6.21. The number of hydrogen-bond acceptors (Lipinski definition) is 8. The average molecular weight is 476 g/mol. The minimum Gasteiger partial charge on any atom is -0.390 e. The van der Waals surface area contributed by atoms with Crippen LogP contribution < -0.4 is 16.0 Å². The highest BCUT2D eigenvalue weighted by Crippen LogP contribution is 2.42. The Morgan fingerprint density at radius 3 is 2.59 bits per heavy atom. The maximum absolute atomic E-state index is 12.2. The van der Waals surface area contributed by atoms with E-state index in [2.05, 4.69) is 16.0 Å². The quantitative estimate of drug-likeness (QED) is 0.297. The van der Waals surface area contributed by atoms with Crippen LogP contribution in [0.5, 0.6) is 0 Å². The van der Waals surface area contributed by atoms with Crippen LogP contribution >= 0.6 is 11.6 Å². The van der Waals surface area contributed by atoms with E-state index in [9.17, 15) is 20.1 Å². The van der Waals surface area contributed by atoms with Crippen molar-refractivity contribution in [3.63, 3.8) is 0 Å². The van der Waals surface area contributed by atoms with Gasteiger partial charge in [0.2, 0.25) is 0 Å². The number of alkyl halides is 1. The van der Waals surface area contributed by atoms with E-state index in [-0.39, 0.29) is 35.6 Å². The van der Waals surface area contributed by atoms with E-state index in [0.717, 1.165) is 32.1 Å². The van der Waals surface area contributed by atoms with Crippen LogP contribution in [0.2, 0.25) is 0 Å². The van der Waals surface area contributed by atoms with Crippen molar-refractivity contribution in [2.45, 2.75) is 86.9 Å². The number of carbonyl (C=O) groups excluding carboxylic acids is 1. The number of aliphatic hydroxyl groups excluding tert-OH is 2. The van der Waals surface area contributed by atoms with E-state index in [0.29, 0.717) is 13.2 Å². The number of fused-ring (bicyclic) bond motifs is 1. The van der Waals surface area contributed by atoms with E-state index >= 15 is 0 Å². The Morgan fingerprint density at radius 2 is 1.94 bits per heavy atom. The number of halogens is 1. The summed E-state index contributed by atoms with van der Waals surface area (Å²) in [6, 6.07) is -0.170. The lowest BCUT2D eigenvalue weighted by atomic mass is 9.79. The Morgan fingerprint density at radius 1 is 1.25 bits per heavy atom. The number of amides is 2. The van der Waals surface area contributed by atoms with Gasteiger partial charge in [-0.05, 0) is 44.9 Å². The van der Waals surface area contributed by atoms with Crippen LogP contribution in [0.15, 0.2) is 0 Å². The number of likely N-dealkylation sites (tertiary alicyclic amines) is 1. The first-order valence-electron chi connectivity index (χ1n) is 11.7. The summed E-state index contributed by atoms with van der Waals surface area (Å²) in [7, 11) is 3.40. The number of nitrogens with zero attached hydrogens (tertiary/aromatic N) is 2. The lowest BCUT2D eigenvalue weighted by Crippen LogP contribution is -2.66. The lowest BCUT2D eigenvalue weighted by Gasteiger charge is -2.41. The fraction of sp³-hybridized carbons (Fsp3) is 0.952. The van der Waals surface area contributed by atoms with Gasteiger partial charge in [-0.3, -0.25) is 15.5 Å². The van der Waals surface area contributed by atoms with Crippen LogP contribution in [0.3, 0.4) is 0 Å². The Bertz CT molecular complexity index is 677. The second kappa shape index (κ2) is 9.50. The number of nitrogens with one attached hydrogen (secondary N) is 3. The number of ether oxygens (including phenoxy) is 1. The Balaban J connectivity index is 1.45. The molecule has 3 aliphatic heterocycles. The second-order valence-electron chi connectivity index (χ2n) is 10.2. The molecule has 4 rings (SSSR count). The third-order valence-corrected chi connectivity index (χ3v) is 8.22. The molecule has 3 unspecified atom stereocenters. The van der Waals surface area contributed by atoms with Gasteiger partial charge in [0.1, 0.15) is 24.0 Å².